The molecule has 3 aromatic heterocycles. The van der Waals surface area contributed by atoms with Gasteiger partial charge in [0, 0.05) is 58.6 Å². The van der Waals surface area contributed by atoms with E-state index in [2.05, 4.69) is 32.0 Å². The van der Waals surface area contributed by atoms with Crippen LogP contribution in [0.2, 0.25) is 0 Å². The van der Waals surface area contributed by atoms with Crippen LogP contribution in [0.5, 0.6) is 0 Å². The topological polar surface area (TPSA) is 80.9 Å². The molecule has 0 atom stereocenters. The standard InChI is InChI=1S/C27H28FN5O2/c1-27(2,34)16-32-15-19(14-30-32)25-22-12-23-18(13-29-31-23)11-24(22)33(21-5-3-20(28)4-6-21)26(25)17-7-9-35-10-8-17/h3-6,11-15,17,34H,7-10,16H2,1-2H3,(H,29,31). The van der Waals surface area contributed by atoms with E-state index in [4.69, 9.17) is 4.74 Å². The molecule has 2 N–H and O–H groups in total. The van der Waals surface area contributed by atoms with Gasteiger partial charge in [-0.3, -0.25) is 9.78 Å². The van der Waals surface area contributed by atoms with Gasteiger partial charge in [-0.2, -0.15) is 10.2 Å². The molecule has 180 valence electrons. The van der Waals surface area contributed by atoms with Gasteiger partial charge in [0.2, 0.25) is 0 Å². The van der Waals surface area contributed by atoms with Gasteiger partial charge in [-0.15, -0.1) is 0 Å². The SMILES string of the molecule is CC(C)(O)Cn1cc(-c2c(C3CCOCC3)n(-c3ccc(F)cc3)c3cc4cn[nH]c4cc23)cn1. The summed E-state index contributed by atoms with van der Waals surface area (Å²) in [6.07, 6.45) is 7.51. The number of fused-ring (bicyclic) bond motifs is 2. The minimum atomic E-state index is -0.878. The van der Waals surface area contributed by atoms with Crippen LogP contribution in [0.25, 0.3) is 38.6 Å². The molecule has 1 aliphatic rings. The number of benzene rings is 2. The van der Waals surface area contributed by atoms with Gasteiger partial charge in [0.15, 0.2) is 0 Å². The smallest absolute Gasteiger partial charge is 0.123 e. The Labute approximate surface area is 202 Å². The van der Waals surface area contributed by atoms with Gasteiger partial charge >= 0.3 is 0 Å². The molecule has 0 saturated carbocycles. The number of nitrogens with zero attached hydrogens (tertiary/aromatic N) is 4. The summed E-state index contributed by atoms with van der Waals surface area (Å²) in [5.41, 5.74) is 5.30. The molecule has 35 heavy (non-hydrogen) atoms. The van der Waals surface area contributed by atoms with Crippen LogP contribution >= 0.6 is 0 Å². The first-order valence-corrected chi connectivity index (χ1v) is 12.0. The minimum absolute atomic E-state index is 0.261. The first-order valence-electron chi connectivity index (χ1n) is 12.0. The lowest BCUT2D eigenvalue weighted by Gasteiger charge is -2.25. The summed E-state index contributed by atoms with van der Waals surface area (Å²) in [6, 6.07) is 11.0. The predicted octanol–water partition coefficient (Wildman–Crippen LogP) is 5.17. The number of aromatic nitrogens is 5. The van der Waals surface area contributed by atoms with Gasteiger partial charge in [-0.05, 0) is 63.1 Å². The van der Waals surface area contributed by atoms with E-state index in [1.807, 2.05) is 30.7 Å². The third-order valence-corrected chi connectivity index (χ3v) is 6.73. The first-order chi connectivity index (χ1) is 16.9. The Morgan fingerprint density at radius 1 is 1.14 bits per heavy atom. The highest BCUT2D eigenvalue weighted by molar-refractivity contribution is 6.05. The van der Waals surface area contributed by atoms with Crippen molar-refractivity contribution in [2.24, 2.45) is 0 Å². The van der Waals surface area contributed by atoms with Crippen LogP contribution in [0.4, 0.5) is 4.39 Å². The van der Waals surface area contributed by atoms with Crippen molar-refractivity contribution < 1.29 is 14.2 Å². The Morgan fingerprint density at radius 3 is 2.66 bits per heavy atom. The molecule has 0 amide bonds. The zero-order valence-corrected chi connectivity index (χ0v) is 19.8. The van der Waals surface area contributed by atoms with E-state index in [1.165, 1.54) is 17.8 Å². The molecule has 1 fully saturated rings. The van der Waals surface area contributed by atoms with E-state index in [0.717, 1.165) is 51.5 Å². The maximum absolute atomic E-state index is 13.9. The summed E-state index contributed by atoms with van der Waals surface area (Å²) < 4.78 is 23.6. The second-order valence-corrected chi connectivity index (χ2v) is 10.0. The fourth-order valence-corrected chi connectivity index (χ4v) is 5.25. The van der Waals surface area contributed by atoms with E-state index in [0.29, 0.717) is 19.8 Å². The Hall–Kier alpha value is -3.49. The van der Waals surface area contributed by atoms with E-state index in [-0.39, 0.29) is 11.7 Å². The van der Waals surface area contributed by atoms with E-state index < -0.39 is 5.60 Å². The molecule has 2 aromatic carbocycles. The van der Waals surface area contributed by atoms with Crippen LogP contribution in [0.3, 0.4) is 0 Å². The Balaban J connectivity index is 1.66. The molecule has 4 heterocycles. The van der Waals surface area contributed by atoms with Gasteiger partial charge in [0.25, 0.3) is 0 Å². The quantitative estimate of drug-likeness (QED) is 0.369. The number of aliphatic hydroxyl groups is 1. The summed E-state index contributed by atoms with van der Waals surface area (Å²) in [7, 11) is 0. The summed E-state index contributed by atoms with van der Waals surface area (Å²) in [4.78, 5) is 0. The fraction of sp³-hybridized carbons (Fsp3) is 0.333. The highest BCUT2D eigenvalue weighted by Gasteiger charge is 2.29. The zero-order valence-electron chi connectivity index (χ0n) is 19.8. The lowest BCUT2D eigenvalue weighted by Crippen LogP contribution is -2.26. The van der Waals surface area contributed by atoms with E-state index in [1.54, 1.807) is 18.5 Å². The van der Waals surface area contributed by atoms with Gasteiger partial charge in [-0.1, -0.05) is 0 Å². The number of hydrogen-bond acceptors (Lipinski definition) is 4. The third kappa shape index (κ3) is 4.02. The first kappa shape index (κ1) is 22.0. The van der Waals surface area contributed by atoms with Crippen LogP contribution in [-0.2, 0) is 11.3 Å². The second-order valence-electron chi connectivity index (χ2n) is 10.0. The molecule has 8 heteroatoms. The summed E-state index contributed by atoms with van der Waals surface area (Å²) >= 11 is 0. The molecule has 1 saturated heterocycles. The number of ether oxygens (including phenoxy) is 1. The van der Waals surface area contributed by atoms with E-state index in [9.17, 15) is 9.50 Å². The fourth-order valence-electron chi connectivity index (χ4n) is 5.25. The molecule has 0 bridgehead atoms. The van der Waals surface area contributed by atoms with Gasteiger partial charge in [-0.25, -0.2) is 4.39 Å². The minimum Gasteiger partial charge on any atom is -0.389 e. The van der Waals surface area contributed by atoms with Crippen molar-refractivity contribution in [3.05, 3.63) is 66.5 Å². The molecular weight excluding hydrogens is 445 g/mol. The Morgan fingerprint density at radius 2 is 1.91 bits per heavy atom. The third-order valence-electron chi connectivity index (χ3n) is 6.73. The monoisotopic (exact) mass is 473 g/mol. The molecular formula is C27H28FN5O2. The highest BCUT2D eigenvalue weighted by Crippen LogP contribution is 2.44. The maximum Gasteiger partial charge on any atom is 0.123 e. The number of hydrogen-bond donors (Lipinski definition) is 2. The number of rotatable bonds is 5. The number of halogens is 1. The summed E-state index contributed by atoms with van der Waals surface area (Å²) in [5.74, 6) is 0.00785. The average molecular weight is 474 g/mol. The zero-order chi connectivity index (χ0) is 24.2. The van der Waals surface area contributed by atoms with Crippen LogP contribution in [0.1, 0.15) is 38.3 Å². The molecule has 7 nitrogen and oxygen atoms in total. The summed E-state index contributed by atoms with van der Waals surface area (Å²) in [6.45, 7) is 5.35. The highest BCUT2D eigenvalue weighted by atomic mass is 19.1. The van der Waals surface area contributed by atoms with Crippen molar-refractivity contribution in [3.63, 3.8) is 0 Å². The lowest BCUT2D eigenvalue weighted by molar-refractivity contribution is 0.0577. The van der Waals surface area contributed by atoms with Gasteiger partial charge in [0.1, 0.15) is 5.82 Å². The van der Waals surface area contributed by atoms with Crippen molar-refractivity contribution in [2.45, 2.75) is 44.8 Å². The van der Waals surface area contributed by atoms with Crippen LogP contribution in [0, 0.1) is 5.82 Å². The average Bonchev–Trinajstić information content (AvgIpc) is 3.54. The van der Waals surface area contributed by atoms with Crippen molar-refractivity contribution >= 4 is 21.8 Å². The number of aromatic amines is 1. The normalized spacial score (nSPS) is 15.4. The Kier molecular flexibility index (Phi) is 5.23. The largest absolute Gasteiger partial charge is 0.389 e. The molecule has 0 spiro atoms. The molecule has 0 unspecified atom stereocenters. The molecule has 0 radical (unpaired) electrons. The predicted molar refractivity (Wildman–Crippen MR) is 133 cm³/mol. The van der Waals surface area contributed by atoms with Gasteiger partial charge < -0.3 is 14.4 Å². The van der Waals surface area contributed by atoms with E-state index >= 15 is 0 Å². The second kappa shape index (κ2) is 8.32. The summed E-state index contributed by atoms with van der Waals surface area (Å²) in [5, 5.41) is 24.3. The number of nitrogens with one attached hydrogen (secondary N) is 1. The lowest BCUT2D eigenvalue weighted by atomic mass is 9.91. The van der Waals surface area contributed by atoms with Crippen molar-refractivity contribution in [3.8, 4) is 16.8 Å². The molecule has 5 aromatic rings. The van der Waals surface area contributed by atoms with Crippen molar-refractivity contribution in [1.29, 1.82) is 0 Å². The number of H-pyrrole nitrogens is 1. The van der Waals surface area contributed by atoms with Crippen LogP contribution in [0.15, 0.2) is 55.0 Å². The van der Waals surface area contributed by atoms with Crippen molar-refractivity contribution in [2.75, 3.05) is 13.2 Å². The molecule has 0 aliphatic carbocycles. The Bertz CT molecular complexity index is 1500. The van der Waals surface area contributed by atoms with Crippen molar-refractivity contribution in [1.82, 2.24) is 24.5 Å². The maximum atomic E-state index is 13.9. The van der Waals surface area contributed by atoms with Crippen LogP contribution < -0.4 is 0 Å². The van der Waals surface area contributed by atoms with Gasteiger partial charge in [0.05, 0.1) is 35.6 Å². The van der Waals surface area contributed by atoms with Crippen LogP contribution in [-0.4, -0.2) is 48.5 Å². The molecule has 6 rings (SSSR count). The molecule has 1 aliphatic heterocycles.